The highest BCUT2D eigenvalue weighted by atomic mass is 16.2. The van der Waals surface area contributed by atoms with E-state index in [1.165, 1.54) is 11.1 Å². The quantitative estimate of drug-likeness (QED) is 0.898. The van der Waals surface area contributed by atoms with Gasteiger partial charge in [0, 0.05) is 45.2 Å². The van der Waals surface area contributed by atoms with Gasteiger partial charge < -0.3 is 15.1 Å². The number of nitrogens with one attached hydrogen (secondary N) is 1. The van der Waals surface area contributed by atoms with Crippen molar-refractivity contribution in [1.82, 2.24) is 15.1 Å². The molecule has 0 unspecified atom stereocenters. The van der Waals surface area contributed by atoms with Crippen LogP contribution < -0.4 is 5.32 Å². The first-order valence-corrected chi connectivity index (χ1v) is 9.94. The summed E-state index contributed by atoms with van der Waals surface area (Å²) in [6.45, 7) is 9.41. The van der Waals surface area contributed by atoms with Crippen LogP contribution in [-0.2, 0) is 17.6 Å². The molecule has 3 rings (SSSR count). The molecule has 0 bridgehead atoms. The molecule has 1 N–H and O–H groups in total. The Hall–Kier alpha value is -1.88. The monoisotopic (exact) mass is 357 g/mol. The number of benzene rings is 1. The summed E-state index contributed by atoms with van der Waals surface area (Å²) in [5, 5.41) is 3.10. The van der Waals surface area contributed by atoms with Gasteiger partial charge in [0.05, 0.1) is 0 Å². The van der Waals surface area contributed by atoms with E-state index in [0.29, 0.717) is 12.5 Å². The van der Waals surface area contributed by atoms with Crippen LogP contribution in [0, 0.1) is 5.92 Å². The number of fused-ring (bicyclic) bond motifs is 1. The zero-order valence-electron chi connectivity index (χ0n) is 16.1. The number of amides is 2. The minimum absolute atomic E-state index is 0.0263. The van der Waals surface area contributed by atoms with Gasteiger partial charge in [0.2, 0.25) is 5.91 Å². The van der Waals surface area contributed by atoms with Crippen LogP contribution in [0.4, 0.5) is 0 Å². The van der Waals surface area contributed by atoms with Crippen molar-refractivity contribution in [2.45, 2.75) is 39.5 Å². The van der Waals surface area contributed by atoms with E-state index in [-0.39, 0.29) is 11.8 Å². The zero-order chi connectivity index (χ0) is 18.5. The summed E-state index contributed by atoms with van der Waals surface area (Å²) in [4.78, 5) is 28.3. The van der Waals surface area contributed by atoms with Gasteiger partial charge in [-0.05, 0) is 61.4 Å². The largest absolute Gasteiger partial charge is 0.352 e. The molecule has 0 atom stereocenters. The molecule has 26 heavy (non-hydrogen) atoms. The Kier molecular flexibility index (Phi) is 6.30. The number of nitrogens with zero attached hydrogens (tertiary/aromatic N) is 2. The summed E-state index contributed by atoms with van der Waals surface area (Å²) < 4.78 is 0. The summed E-state index contributed by atoms with van der Waals surface area (Å²) >= 11 is 0. The second kappa shape index (κ2) is 8.67. The lowest BCUT2D eigenvalue weighted by Gasteiger charge is -2.31. The van der Waals surface area contributed by atoms with Crippen molar-refractivity contribution in [2.24, 2.45) is 5.92 Å². The normalized spacial score (nSPS) is 18.9. The summed E-state index contributed by atoms with van der Waals surface area (Å²) in [6.07, 6.45) is 4.03. The fraction of sp³-hybridized carbons (Fsp3) is 0.619. The number of likely N-dealkylation sites (N-methyl/N-ethyl adjacent to an activating group) is 1. The lowest BCUT2D eigenvalue weighted by molar-refractivity contribution is -0.130. The van der Waals surface area contributed by atoms with Crippen molar-refractivity contribution in [1.29, 1.82) is 0 Å². The second-order valence-corrected chi connectivity index (χ2v) is 7.58. The molecule has 1 fully saturated rings. The third kappa shape index (κ3) is 4.64. The van der Waals surface area contributed by atoms with E-state index in [9.17, 15) is 9.59 Å². The average Bonchev–Trinajstić information content (AvgIpc) is 2.88. The highest BCUT2D eigenvalue weighted by molar-refractivity contribution is 5.94. The van der Waals surface area contributed by atoms with E-state index in [1.54, 1.807) is 6.92 Å². The molecule has 0 aromatic heterocycles. The maximum Gasteiger partial charge on any atom is 0.251 e. The van der Waals surface area contributed by atoms with Crippen molar-refractivity contribution in [3.63, 3.8) is 0 Å². The van der Waals surface area contributed by atoms with Crippen LogP contribution in [0.3, 0.4) is 0 Å². The van der Waals surface area contributed by atoms with Crippen molar-refractivity contribution < 1.29 is 9.59 Å². The Balaban J connectivity index is 1.53. The van der Waals surface area contributed by atoms with E-state index in [2.05, 4.69) is 29.3 Å². The van der Waals surface area contributed by atoms with Crippen LogP contribution in [0.1, 0.15) is 48.2 Å². The molecule has 2 amide bonds. The molecule has 1 aromatic rings. The third-order valence-corrected chi connectivity index (χ3v) is 5.92. The van der Waals surface area contributed by atoms with Crippen LogP contribution in [0.5, 0.6) is 0 Å². The molecule has 142 valence electrons. The molecular formula is C21H31N3O2. The van der Waals surface area contributed by atoms with Crippen molar-refractivity contribution in [3.8, 4) is 0 Å². The fourth-order valence-electron chi connectivity index (χ4n) is 4.02. The molecule has 2 heterocycles. The Labute approximate surface area is 156 Å². The van der Waals surface area contributed by atoms with Crippen molar-refractivity contribution in [3.05, 3.63) is 34.9 Å². The number of hydrogen-bond acceptors (Lipinski definition) is 3. The number of carbonyl (C=O) groups excluding carboxylic acids is 2. The Morgan fingerprint density at radius 3 is 2.42 bits per heavy atom. The number of piperidine rings is 1. The topological polar surface area (TPSA) is 52.7 Å². The molecule has 1 saturated heterocycles. The van der Waals surface area contributed by atoms with Crippen LogP contribution in [0.15, 0.2) is 18.2 Å². The molecule has 5 heteroatoms. The van der Waals surface area contributed by atoms with Gasteiger partial charge in [0.15, 0.2) is 0 Å². The fourth-order valence-corrected chi connectivity index (χ4v) is 4.02. The molecule has 2 aliphatic rings. The number of hydrogen-bond donors (Lipinski definition) is 1. The standard InChI is InChI=1S/C21H31N3O2/c1-3-23-10-8-18-4-5-20(14-19(18)9-11-23)21(26)22-15-17-6-12-24(13-7-17)16(2)25/h4-5,14,17H,3,6-13,15H2,1-2H3,(H,22,26). The lowest BCUT2D eigenvalue weighted by atomic mass is 9.96. The second-order valence-electron chi connectivity index (χ2n) is 7.58. The summed E-state index contributed by atoms with van der Waals surface area (Å²) in [5.41, 5.74) is 3.48. The van der Waals surface area contributed by atoms with Gasteiger partial charge in [0.1, 0.15) is 0 Å². The maximum absolute atomic E-state index is 12.6. The molecule has 1 aromatic carbocycles. The first-order valence-electron chi connectivity index (χ1n) is 9.94. The number of likely N-dealkylation sites (tertiary alicyclic amines) is 1. The molecule has 0 saturated carbocycles. The average molecular weight is 357 g/mol. The first-order chi connectivity index (χ1) is 12.6. The molecule has 0 spiro atoms. The van der Waals surface area contributed by atoms with Gasteiger partial charge in [0.25, 0.3) is 5.91 Å². The van der Waals surface area contributed by atoms with Crippen molar-refractivity contribution >= 4 is 11.8 Å². The predicted molar refractivity (Wildman–Crippen MR) is 103 cm³/mol. The molecule has 0 aliphatic carbocycles. The Bertz CT molecular complexity index is 651. The van der Waals surface area contributed by atoms with Gasteiger partial charge in [-0.2, -0.15) is 0 Å². The van der Waals surface area contributed by atoms with Crippen LogP contribution in [0.2, 0.25) is 0 Å². The lowest BCUT2D eigenvalue weighted by Crippen LogP contribution is -2.40. The van der Waals surface area contributed by atoms with E-state index < -0.39 is 0 Å². The Morgan fingerprint density at radius 1 is 1.08 bits per heavy atom. The number of carbonyl (C=O) groups is 2. The molecule has 2 aliphatic heterocycles. The van der Waals surface area contributed by atoms with Crippen molar-refractivity contribution in [2.75, 3.05) is 39.3 Å². The van der Waals surface area contributed by atoms with E-state index in [0.717, 1.165) is 64.0 Å². The molecule has 0 radical (unpaired) electrons. The van der Waals surface area contributed by atoms with Crippen LogP contribution in [-0.4, -0.2) is 60.9 Å². The summed E-state index contributed by atoms with van der Waals surface area (Å²) in [7, 11) is 0. The van der Waals surface area contributed by atoms with Gasteiger partial charge >= 0.3 is 0 Å². The smallest absolute Gasteiger partial charge is 0.251 e. The first kappa shape index (κ1) is 18.9. The van der Waals surface area contributed by atoms with Gasteiger partial charge in [-0.25, -0.2) is 0 Å². The van der Waals surface area contributed by atoms with Crippen LogP contribution in [0.25, 0.3) is 0 Å². The molecular weight excluding hydrogens is 326 g/mol. The summed E-state index contributed by atoms with van der Waals surface area (Å²) in [5.74, 6) is 0.644. The SMILES string of the molecule is CCN1CCc2ccc(C(=O)NCC3CCN(C(C)=O)CC3)cc2CC1. The van der Waals surface area contributed by atoms with E-state index in [4.69, 9.17) is 0 Å². The van der Waals surface area contributed by atoms with E-state index >= 15 is 0 Å². The number of rotatable bonds is 4. The molecule has 5 nitrogen and oxygen atoms in total. The highest BCUT2D eigenvalue weighted by Gasteiger charge is 2.21. The predicted octanol–water partition coefficient (Wildman–Crippen LogP) is 2.10. The van der Waals surface area contributed by atoms with E-state index in [1.807, 2.05) is 11.0 Å². The zero-order valence-corrected chi connectivity index (χ0v) is 16.1. The van der Waals surface area contributed by atoms with Gasteiger partial charge in [-0.3, -0.25) is 9.59 Å². The van der Waals surface area contributed by atoms with Crippen LogP contribution >= 0.6 is 0 Å². The van der Waals surface area contributed by atoms with Gasteiger partial charge in [-0.15, -0.1) is 0 Å². The minimum Gasteiger partial charge on any atom is -0.352 e. The minimum atomic E-state index is 0.0263. The summed E-state index contributed by atoms with van der Waals surface area (Å²) in [6, 6.07) is 6.19. The van der Waals surface area contributed by atoms with Gasteiger partial charge in [-0.1, -0.05) is 13.0 Å². The Morgan fingerprint density at radius 2 is 1.77 bits per heavy atom. The maximum atomic E-state index is 12.6. The highest BCUT2D eigenvalue weighted by Crippen LogP contribution is 2.19. The third-order valence-electron chi connectivity index (χ3n) is 5.92.